The van der Waals surface area contributed by atoms with Gasteiger partial charge >= 0.3 is 5.97 Å². The van der Waals surface area contributed by atoms with E-state index in [-0.39, 0.29) is 36.7 Å². The van der Waals surface area contributed by atoms with Gasteiger partial charge in [-0.15, -0.1) is 0 Å². The SMILES string of the molecule is CCCCOC(=O)Cc1cc(F)c(CN2[C@@H](C)CC[C@H](c3ccccc3)S2(=O)=O)cc1F. The molecule has 0 radical (unpaired) electrons. The second-order valence-electron chi connectivity index (χ2n) is 8.20. The van der Waals surface area contributed by atoms with Crippen LogP contribution in [-0.4, -0.2) is 31.3 Å². The molecule has 1 saturated heterocycles. The number of halogens is 2. The smallest absolute Gasteiger partial charge is 0.310 e. The highest BCUT2D eigenvalue weighted by Crippen LogP contribution is 2.38. The molecule has 2 aromatic rings. The molecule has 174 valence electrons. The Labute approximate surface area is 188 Å². The maximum Gasteiger partial charge on any atom is 0.310 e. The van der Waals surface area contributed by atoms with Gasteiger partial charge in [-0.3, -0.25) is 4.79 Å². The maximum atomic E-state index is 14.8. The Morgan fingerprint density at radius 2 is 1.75 bits per heavy atom. The molecule has 0 aliphatic carbocycles. The first-order valence-corrected chi connectivity index (χ1v) is 12.4. The van der Waals surface area contributed by atoms with Crippen molar-refractivity contribution >= 4 is 16.0 Å². The molecule has 3 rings (SSSR count). The summed E-state index contributed by atoms with van der Waals surface area (Å²) in [5.74, 6) is -2.12. The molecule has 0 amide bonds. The van der Waals surface area contributed by atoms with Gasteiger partial charge in [-0.25, -0.2) is 17.2 Å². The van der Waals surface area contributed by atoms with Crippen LogP contribution in [0.1, 0.15) is 61.5 Å². The van der Waals surface area contributed by atoms with Crippen LogP contribution in [0.4, 0.5) is 8.78 Å². The number of esters is 1. The number of carbonyl (C=O) groups excluding carboxylic acids is 1. The van der Waals surface area contributed by atoms with E-state index in [0.29, 0.717) is 24.8 Å². The number of unbranched alkanes of at least 4 members (excludes halogenated alkanes) is 1. The van der Waals surface area contributed by atoms with E-state index in [4.69, 9.17) is 4.74 Å². The zero-order valence-electron chi connectivity index (χ0n) is 18.4. The number of sulfonamides is 1. The molecule has 0 saturated carbocycles. The van der Waals surface area contributed by atoms with Gasteiger partial charge < -0.3 is 4.74 Å². The average molecular weight is 466 g/mol. The minimum Gasteiger partial charge on any atom is -0.465 e. The molecule has 1 aliphatic heterocycles. The summed E-state index contributed by atoms with van der Waals surface area (Å²) in [6, 6.07) is 10.5. The highest BCUT2D eigenvalue weighted by atomic mass is 32.2. The fourth-order valence-corrected chi connectivity index (χ4v) is 6.13. The molecule has 0 unspecified atom stereocenters. The Balaban J connectivity index is 1.79. The van der Waals surface area contributed by atoms with Crippen molar-refractivity contribution in [3.63, 3.8) is 0 Å². The predicted molar refractivity (Wildman–Crippen MR) is 118 cm³/mol. The zero-order chi connectivity index (χ0) is 23.3. The van der Waals surface area contributed by atoms with Crippen molar-refractivity contribution in [2.45, 2.75) is 63.8 Å². The lowest BCUT2D eigenvalue weighted by molar-refractivity contribution is -0.143. The van der Waals surface area contributed by atoms with E-state index in [2.05, 4.69) is 0 Å². The lowest BCUT2D eigenvalue weighted by Crippen LogP contribution is -2.44. The van der Waals surface area contributed by atoms with E-state index in [1.54, 1.807) is 31.2 Å². The Kier molecular flexibility index (Phi) is 8.00. The van der Waals surface area contributed by atoms with E-state index in [1.807, 2.05) is 13.0 Å². The number of ether oxygens (including phenoxy) is 1. The van der Waals surface area contributed by atoms with E-state index < -0.39 is 32.9 Å². The normalized spacial score (nSPS) is 20.8. The second-order valence-corrected chi connectivity index (χ2v) is 10.3. The largest absolute Gasteiger partial charge is 0.465 e. The first kappa shape index (κ1) is 24.3. The van der Waals surface area contributed by atoms with Crippen molar-refractivity contribution in [1.82, 2.24) is 4.31 Å². The first-order valence-electron chi connectivity index (χ1n) is 10.9. The quantitative estimate of drug-likeness (QED) is 0.411. The van der Waals surface area contributed by atoms with Gasteiger partial charge in [0.1, 0.15) is 16.9 Å². The Morgan fingerprint density at radius 1 is 1.09 bits per heavy atom. The first-order chi connectivity index (χ1) is 15.2. The summed E-state index contributed by atoms with van der Waals surface area (Å²) in [5.41, 5.74) is 0.521. The third-order valence-electron chi connectivity index (χ3n) is 5.83. The summed E-state index contributed by atoms with van der Waals surface area (Å²) in [7, 11) is -3.77. The number of benzene rings is 2. The summed E-state index contributed by atoms with van der Waals surface area (Å²) < 4.78 is 62.3. The lowest BCUT2D eigenvalue weighted by Gasteiger charge is -2.37. The van der Waals surface area contributed by atoms with Crippen LogP contribution in [0, 0.1) is 11.6 Å². The van der Waals surface area contributed by atoms with E-state index in [0.717, 1.165) is 18.6 Å². The maximum absolute atomic E-state index is 14.8. The molecular formula is C24H29F2NO4S. The summed E-state index contributed by atoms with van der Waals surface area (Å²) in [6.07, 6.45) is 2.27. The molecule has 2 aromatic carbocycles. The summed E-state index contributed by atoms with van der Waals surface area (Å²) in [4.78, 5) is 11.9. The van der Waals surface area contributed by atoms with Crippen LogP contribution in [0.25, 0.3) is 0 Å². The van der Waals surface area contributed by atoms with Gasteiger partial charge in [0.25, 0.3) is 0 Å². The fraction of sp³-hybridized carbons (Fsp3) is 0.458. The summed E-state index contributed by atoms with van der Waals surface area (Å²) in [5, 5.41) is -0.718. The molecule has 2 atom stereocenters. The van der Waals surface area contributed by atoms with E-state index in [9.17, 15) is 22.0 Å². The summed E-state index contributed by atoms with van der Waals surface area (Å²) >= 11 is 0. The number of nitrogens with zero attached hydrogens (tertiary/aromatic N) is 1. The van der Waals surface area contributed by atoms with Crippen molar-refractivity contribution in [2.24, 2.45) is 0 Å². The zero-order valence-corrected chi connectivity index (χ0v) is 19.2. The van der Waals surface area contributed by atoms with E-state index >= 15 is 0 Å². The van der Waals surface area contributed by atoms with E-state index in [1.165, 1.54) is 4.31 Å². The van der Waals surface area contributed by atoms with Gasteiger partial charge in [0.05, 0.1) is 13.0 Å². The van der Waals surface area contributed by atoms with Crippen LogP contribution in [0.2, 0.25) is 0 Å². The molecule has 32 heavy (non-hydrogen) atoms. The molecule has 0 bridgehead atoms. The van der Waals surface area contributed by atoms with Crippen molar-refractivity contribution < 1.29 is 26.7 Å². The number of hydrogen-bond donors (Lipinski definition) is 0. The van der Waals surface area contributed by atoms with Crippen LogP contribution in [-0.2, 0) is 32.5 Å². The molecule has 0 aromatic heterocycles. The van der Waals surface area contributed by atoms with Crippen molar-refractivity contribution in [3.8, 4) is 0 Å². The van der Waals surface area contributed by atoms with Crippen molar-refractivity contribution in [2.75, 3.05) is 6.61 Å². The van der Waals surface area contributed by atoms with Gasteiger partial charge in [-0.1, -0.05) is 43.7 Å². The van der Waals surface area contributed by atoms with Gasteiger partial charge in [0, 0.05) is 23.7 Å². The minimum absolute atomic E-state index is 0.0604. The molecular weight excluding hydrogens is 436 g/mol. The van der Waals surface area contributed by atoms with Gasteiger partial charge in [-0.2, -0.15) is 4.31 Å². The van der Waals surface area contributed by atoms with Crippen LogP contribution >= 0.6 is 0 Å². The molecule has 8 heteroatoms. The number of hydrogen-bond acceptors (Lipinski definition) is 4. The average Bonchev–Trinajstić information content (AvgIpc) is 2.75. The molecule has 0 spiro atoms. The second kappa shape index (κ2) is 10.5. The highest BCUT2D eigenvalue weighted by Gasteiger charge is 2.40. The Morgan fingerprint density at radius 3 is 2.44 bits per heavy atom. The van der Waals surface area contributed by atoms with Gasteiger partial charge in [0.2, 0.25) is 10.0 Å². The molecule has 1 aliphatic rings. The van der Waals surface area contributed by atoms with Crippen LogP contribution in [0.15, 0.2) is 42.5 Å². The van der Waals surface area contributed by atoms with Crippen LogP contribution in [0.3, 0.4) is 0 Å². The van der Waals surface area contributed by atoms with Gasteiger partial charge in [-0.05, 0) is 43.9 Å². The lowest BCUT2D eigenvalue weighted by atomic mass is 10.0. The monoisotopic (exact) mass is 465 g/mol. The molecule has 5 nitrogen and oxygen atoms in total. The number of carbonyl (C=O) groups is 1. The van der Waals surface area contributed by atoms with Crippen LogP contribution < -0.4 is 0 Å². The minimum atomic E-state index is -3.77. The number of rotatable bonds is 8. The Bertz CT molecular complexity index is 1040. The molecule has 1 heterocycles. The molecule has 0 N–H and O–H groups in total. The Hall–Kier alpha value is -2.32. The third-order valence-corrected chi connectivity index (χ3v) is 8.20. The topological polar surface area (TPSA) is 63.7 Å². The summed E-state index contributed by atoms with van der Waals surface area (Å²) in [6.45, 7) is 3.70. The highest BCUT2D eigenvalue weighted by molar-refractivity contribution is 7.89. The third kappa shape index (κ3) is 5.53. The van der Waals surface area contributed by atoms with Crippen LogP contribution in [0.5, 0.6) is 0 Å². The standard InChI is InChI=1S/C24H29F2NO4S/c1-3-4-12-31-24(28)15-19-13-22(26)20(14-21(19)25)16-27-17(2)10-11-23(32(27,29)30)18-8-6-5-7-9-18/h5-9,13-14,17,23H,3-4,10-12,15-16H2,1-2H3/t17-,23+/m0/s1. The predicted octanol–water partition coefficient (Wildman–Crippen LogP) is 4.91. The molecule has 1 fully saturated rings. The fourth-order valence-electron chi connectivity index (χ4n) is 3.94. The van der Waals surface area contributed by atoms with Gasteiger partial charge in [0.15, 0.2) is 0 Å². The van der Waals surface area contributed by atoms with Crippen molar-refractivity contribution in [3.05, 3.63) is 70.8 Å². The van der Waals surface area contributed by atoms with Crippen molar-refractivity contribution in [1.29, 1.82) is 0 Å².